The lowest BCUT2D eigenvalue weighted by Gasteiger charge is -2.32. The lowest BCUT2D eigenvalue weighted by Crippen LogP contribution is -2.49. The van der Waals surface area contributed by atoms with Gasteiger partial charge in [0.1, 0.15) is 5.60 Å². The molecule has 3 rings (SSSR count). The fraction of sp³-hybridized carbons (Fsp3) is 0.667. The second kappa shape index (κ2) is 10.5. The van der Waals surface area contributed by atoms with Gasteiger partial charge >= 0.3 is 6.09 Å². The maximum absolute atomic E-state index is 13.4. The summed E-state index contributed by atoms with van der Waals surface area (Å²) in [7, 11) is 0. The fourth-order valence-corrected chi connectivity index (χ4v) is 4.03. The van der Waals surface area contributed by atoms with Crippen molar-refractivity contribution in [1.82, 2.24) is 15.1 Å². The molecule has 2 aliphatic rings. The van der Waals surface area contributed by atoms with Gasteiger partial charge < -0.3 is 19.7 Å². The third-order valence-corrected chi connectivity index (χ3v) is 5.69. The Morgan fingerprint density at radius 3 is 2.55 bits per heavy atom. The molecular weight excluding hydrogens is 394 g/mol. The van der Waals surface area contributed by atoms with E-state index >= 15 is 0 Å². The molecule has 2 fully saturated rings. The molecule has 0 spiro atoms. The first-order valence-electron chi connectivity index (χ1n) is 11.4. The minimum atomic E-state index is -0.549. The predicted molar refractivity (Wildman–Crippen MR) is 120 cm³/mol. The van der Waals surface area contributed by atoms with Gasteiger partial charge in [-0.1, -0.05) is 30.3 Å². The molecule has 1 heterocycles. The second-order valence-corrected chi connectivity index (χ2v) is 9.64. The predicted octanol–water partition coefficient (Wildman–Crippen LogP) is 2.86. The van der Waals surface area contributed by atoms with Gasteiger partial charge in [-0.25, -0.2) is 4.79 Å². The van der Waals surface area contributed by atoms with Crippen LogP contribution in [0, 0.1) is 5.92 Å². The molecule has 3 atom stereocenters. The van der Waals surface area contributed by atoms with Crippen LogP contribution in [-0.2, 0) is 14.3 Å². The van der Waals surface area contributed by atoms with Crippen LogP contribution in [0.1, 0.15) is 45.6 Å². The van der Waals surface area contributed by atoms with Gasteiger partial charge in [0.25, 0.3) is 0 Å². The molecule has 2 amide bonds. The number of morpholine rings is 1. The highest BCUT2D eigenvalue weighted by molar-refractivity contribution is 5.83. The number of rotatable bonds is 8. The van der Waals surface area contributed by atoms with Crippen molar-refractivity contribution in [2.24, 2.45) is 5.92 Å². The van der Waals surface area contributed by atoms with E-state index in [1.54, 1.807) is 0 Å². The van der Waals surface area contributed by atoms with Crippen molar-refractivity contribution in [3.63, 3.8) is 0 Å². The van der Waals surface area contributed by atoms with Crippen molar-refractivity contribution in [3.8, 4) is 0 Å². The number of nitrogens with one attached hydrogen (secondary N) is 1. The molecule has 1 saturated heterocycles. The zero-order valence-corrected chi connectivity index (χ0v) is 19.3. The van der Waals surface area contributed by atoms with Gasteiger partial charge in [0.05, 0.1) is 13.2 Å². The van der Waals surface area contributed by atoms with Crippen LogP contribution in [0.25, 0.3) is 0 Å². The van der Waals surface area contributed by atoms with E-state index in [2.05, 4.69) is 22.3 Å². The van der Waals surface area contributed by atoms with Crippen LogP contribution in [0.4, 0.5) is 4.79 Å². The number of amides is 2. The summed E-state index contributed by atoms with van der Waals surface area (Å²) in [5.41, 5.74) is 0.681. The molecule has 1 aromatic carbocycles. The van der Waals surface area contributed by atoms with Crippen LogP contribution in [0.3, 0.4) is 0 Å². The van der Waals surface area contributed by atoms with Crippen molar-refractivity contribution < 1.29 is 19.1 Å². The Balaban J connectivity index is 1.58. The van der Waals surface area contributed by atoms with Crippen LogP contribution in [0.5, 0.6) is 0 Å². The Hall–Kier alpha value is -2.12. The van der Waals surface area contributed by atoms with E-state index in [-0.39, 0.29) is 17.9 Å². The van der Waals surface area contributed by atoms with Crippen molar-refractivity contribution in [2.45, 2.75) is 51.7 Å². The van der Waals surface area contributed by atoms with Gasteiger partial charge in [-0.2, -0.15) is 0 Å². The summed E-state index contributed by atoms with van der Waals surface area (Å²) in [5, 5.41) is 2.87. The summed E-state index contributed by atoms with van der Waals surface area (Å²) in [6.45, 7) is 12.6. The highest BCUT2D eigenvalue weighted by atomic mass is 16.6. The Labute approximate surface area is 186 Å². The van der Waals surface area contributed by atoms with Crippen molar-refractivity contribution in [1.29, 1.82) is 0 Å². The summed E-state index contributed by atoms with van der Waals surface area (Å²) in [4.78, 5) is 29.8. The average molecular weight is 432 g/mol. The summed E-state index contributed by atoms with van der Waals surface area (Å²) in [6.07, 6.45) is 0.444. The Bertz CT molecular complexity index is 728. The maximum atomic E-state index is 13.4. The number of ether oxygens (including phenoxy) is 2. The lowest BCUT2D eigenvalue weighted by atomic mass is 10.1. The molecule has 0 aromatic heterocycles. The SMILES string of the molecule is C[C@H](CN(CCN1CCOCC1)C(=O)[C@H]1C[C@H]1c1ccccc1)NC(=O)OC(C)(C)C. The minimum Gasteiger partial charge on any atom is -0.444 e. The van der Waals surface area contributed by atoms with E-state index in [1.807, 2.05) is 50.8 Å². The van der Waals surface area contributed by atoms with E-state index in [1.165, 1.54) is 5.56 Å². The van der Waals surface area contributed by atoms with Crippen molar-refractivity contribution in [2.75, 3.05) is 45.9 Å². The third-order valence-electron chi connectivity index (χ3n) is 5.69. The summed E-state index contributed by atoms with van der Waals surface area (Å²) in [5.74, 6) is 0.509. The van der Waals surface area contributed by atoms with Gasteiger partial charge in [-0.3, -0.25) is 9.69 Å². The van der Waals surface area contributed by atoms with Gasteiger partial charge in [0.15, 0.2) is 0 Å². The van der Waals surface area contributed by atoms with Gasteiger partial charge in [-0.05, 0) is 45.6 Å². The molecule has 7 nitrogen and oxygen atoms in total. The Kier molecular flexibility index (Phi) is 7.94. The molecule has 7 heteroatoms. The fourth-order valence-electron chi connectivity index (χ4n) is 4.03. The largest absolute Gasteiger partial charge is 0.444 e. The highest BCUT2D eigenvalue weighted by Crippen LogP contribution is 2.48. The van der Waals surface area contributed by atoms with E-state index in [0.717, 1.165) is 39.3 Å². The van der Waals surface area contributed by atoms with Crippen LogP contribution < -0.4 is 5.32 Å². The highest BCUT2D eigenvalue weighted by Gasteiger charge is 2.45. The molecule has 0 unspecified atom stereocenters. The third kappa shape index (κ3) is 7.51. The van der Waals surface area contributed by atoms with Gasteiger partial charge in [-0.15, -0.1) is 0 Å². The molecule has 172 valence electrons. The molecule has 1 aromatic rings. The molecule has 1 saturated carbocycles. The smallest absolute Gasteiger partial charge is 0.407 e. The van der Waals surface area contributed by atoms with Crippen molar-refractivity contribution in [3.05, 3.63) is 35.9 Å². The second-order valence-electron chi connectivity index (χ2n) is 9.64. The lowest BCUT2D eigenvalue weighted by molar-refractivity contribution is -0.133. The van der Waals surface area contributed by atoms with E-state index < -0.39 is 11.7 Å². The summed E-state index contributed by atoms with van der Waals surface area (Å²) < 4.78 is 10.8. The first-order chi connectivity index (χ1) is 14.7. The number of alkyl carbamates (subject to hydrolysis) is 1. The average Bonchev–Trinajstić information content (AvgIpc) is 3.51. The minimum absolute atomic E-state index is 0.0285. The zero-order chi connectivity index (χ0) is 22.4. The number of benzene rings is 1. The first-order valence-corrected chi connectivity index (χ1v) is 11.4. The van der Waals surface area contributed by atoms with E-state index in [4.69, 9.17) is 9.47 Å². The molecule has 0 radical (unpaired) electrons. The van der Waals surface area contributed by atoms with Crippen LogP contribution in [0.2, 0.25) is 0 Å². The molecule has 1 aliphatic carbocycles. The monoisotopic (exact) mass is 431 g/mol. The van der Waals surface area contributed by atoms with E-state index in [9.17, 15) is 9.59 Å². The van der Waals surface area contributed by atoms with E-state index in [0.29, 0.717) is 19.0 Å². The van der Waals surface area contributed by atoms with Crippen LogP contribution >= 0.6 is 0 Å². The molecule has 31 heavy (non-hydrogen) atoms. The van der Waals surface area contributed by atoms with Crippen LogP contribution in [0.15, 0.2) is 30.3 Å². The topological polar surface area (TPSA) is 71.1 Å². The molecule has 1 N–H and O–H groups in total. The van der Waals surface area contributed by atoms with Crippen molar-refractivity contribution >= 4 is 12.0 Å². The quantitative estimate of drug-likeness (QED) is 0.685. The number of nitrogens with zero attached hydrogens (tertiary/aromatic N) is 2. The zero-order valence-electron chi connectivity index (χ0n) is 19.3. The van der Waals surface area contributed by atoms with Gasteiger partial charge in [0.2, 0.25) is 5.91 Å². The number of carbonyl (C=O) groups is 2. The normalized spacial score (nSPS) is 22.5. The molecule has 1 aliphatic heterocycles. The Morgan fingerprint density at radius 1 is 1.23 bits per heavy atom. The summed E-state index contributed by atoms with van der Waals surface area (Å²) in [6, 6.07) is 10.1. The molecular formula is C24H37N3O4. The number of hydrogen-bond acceptors (Lipinski definition) is 5. The number of carbonyl (C=O) groups excluding carboxylic acids is 2. The van der Waals surface area contributed by atoms with Gasteiger partial charge in [0, 0.05) is 44.7 Å². The standard InChI is InChI=1S/C24H37N3O4/c1-18(25-23(29)31-24(2,3)4)17-27(11-10-26-12-14-30-15-13-26)22(28)21-16-20(21)19-8-6-5-7-9-19/h5-9,18,20-21H,10-17H2,1-4H3,(H,25,29)/t18-,20+,21+/m1/s1. The number of hydrogen-bond donors (Lipinski definition) is 1. The molecule has 0 bridgehead atoms. The first kappa shape index (κ1) is 23.5. The maximum Gasteiger partial charge on any atom is 0.407 e. The van der Waals surface area contributed by atoms with Crippen LogP contribution in [-0.4, -0.2) is 79.4 Å². The Morgan fingerprint density at radius 2 is 1.90 bits per heavy atom. The summed E-state index contributed by atoms with van der Waals surface area (Å²) >= 11 is 0.